The molecule has 3 unspecified atom stereocenters. The summed E-state index contributed by atoms with van der Waals surface area (Å²) in [7, 11) is 2.51. The van der Waals surface area contributed by atoms with Gasteiger partial charge in [0.2, 0.25) is 0 Å². The average Bonchev–Trinajstić information content (AvgIpc) is 2.76. The number of aliphatic hydroxyl groups excluding tert-OH is 1. The SMILES string of the molecule is COC12C(=O)CCC(=O)C1(OC)C(O)Cc1cc(C)c(C(=O)N3CCCCC3)c(O)c12. The van der Waals surface area contributed by atoms with Crippen LogP contribution in [0.5, 0.6) is 5.75 Å². The van der Waals surface area contributed by atoms with Gasteiger partial charge < -0.3 is 24.6 Å². The Morgan fingerprint density at radius 2 is 1.74 bits per heavy atom. The number of hydrogen-bond acceptors (Lipinski definition) is 7. The minimum atomic E-state index is -2.03. The van der Waals surface area contributed by atoms with Crippen molar-refractivity contribution in [2.75, 3.05) is 27.3 Å². The molecule has 3 atom stereocenters. The van der Waals surface area contributed by atoms with Crippen molar-refractivity contribution in [3.8, 4) is 5.75 Å². The summed E-state index contributed by atoms with van der Waals surface area (Å²) < 4.78 is 11.3. The van der Waals surface area contributed by atoms with Crippen LogP contribution in [-0.2, 0) is 31.1 Å². The van der Waals surface area contributed by atoms with Gasteiger partial charge in [-0.2, -0.15) is 0 Å². The molecule has 0 spiro atoms. The molecule has 31 heavy (non-hydrogen) atoms. The molecule has 1 aliphatic heterocycles. The molecule has 1 heterocycles. The lowest BCUT2D eigenvalue weighted by Crippen LogP contribution is -2.73. The molecule has 2 N–H and O–H groups in total. The van der Waals surface area contributed by atoms with Crippen molar-refractivity contribution in [3.05, 3.63) is 28.3 Å². The normalized spacial score (nSPS) is 30.7. The first-order chi connectivity index (χ1) is 14.8. The third-order valence-corrected chi connectivity index (χ3v) is 7.21. The molecule has 1 aromatic rings. The summed E-state index contributed by atoms with van der Waals surface area (Å²) in [6.45, 7) is 2.92. The van der Waals surface area contributed by atoms with Crippen LogP contribution in [0.1, 0.15) is 59.2 Å². The molecule has 0 radical (unpaired) electrons. The van der Waals surface area contributed by atoms with Gasteiger partial charge in [0.15, 0.2) is 22.8 Å². The van der Waals surface area contributed by atoms with Crippen LogP contribution in [0, 0.1) is 6.92 Å². The number of aryl methyl sites for hydroxylation is 1. The Bertz CT molecular complexity index is 952. The number of ether oxygens (including phenoxy) is 2. The highest BCUT2D eigenvalue weighted by molar-refractivity contribution is 6.08. The fourth-order valence-corrected chi connectivity index (χ4v) is 5.80. The van der Waals surface area contributed by atoms with E-state index in [9.17, 15) is 24.6 Å². The van der Waals surface area contributed by atoms with Crippen LogP contribution in [0.2, 0.25) is 0 Å². The van der Waals surface area contributed by atoms with Gasteiger partial charge in [-0.1, -0.05) is 6.07 Å². The number of phenolic OH excluding ortho intramolecular Hbond substituents is 1. The van der Waals surface area contributed by atoms with E-state index in [1.807, 2.05) is 0 Å². The van der Waals surface area contributed by atoms with E-state index in [4.69, 9.17) is 9.47 Å². The number of methoxy groups -OCH3 is 2. The zero-order valence-corrected chi connectivity index (χ0v) is 18.2. The van der Waals surface area contributed by atoms with E-state index in [1.54, 1.807) is 17.9 Å². The Hall–Kier alpha value is -2.29. The zero-order valence-electron chi connectivity index (χ0n) is 18.2. The Labute approximate surface area is 181 Å². The maximum atomic E-state index is 13.3. The fourth-order valence-electron chi connectivity index (χ4n) is 5.80. The molecule has 1 saturated carbocycles. The van der Waals surface area contributed by atoms with Crippen molar-refractivity contribution in [3.63, 3.8) is 0 Å². The molecule has 1 amide bonds. The van der Waals surface area contributed by atoms with Crippen LogP contribution in [0.3, 0.4) is 0 Å². The van der Waals surface area contributed by atoms with Crippen LogP contribution >= 0.6 is 0 Å². The van der Waals surface area contributed by atoms with Crippen molar-refractivity contribution in [2.45, 2.75) is 62.8 Å². The number of benzene rings is 1. The molecule has 1 aromatic carbocycles. The number of aromatic hydroxyl groups is 1. The summed E-state index contributed by atoms with van der Waals surface area (Å²) >= 11 is 0. The number of likely N-dealkylation sites (tertiary alicyclic amines) is 1. The smallest absolute Gasteiger partial charge is 0.257 e. The van der Waals surface area contributed by atoms with E-state index in [2.05, 4.69) is 0 Å². The predicted molar refractivity (Wildman–Crippen MR) is 110 cm³/mol. The van der Waals surface area contributed by atoms with Gasteiger partial charge in [0.25, 0.3) is 5.91 Å². The summed E-state index contributed by atoms with van der Waals surface area (Å²) in [5, 5.41) is 22.4. The molecule has 8 heteroatoms. The van der Waals surface area contributed by atoms with E-state index in [-0.39, 0.29) is 42.0 Å². The number of aliphatic hydroxyl groups is 1. The van der Waals surface area contributed by atoms with Crippen LogP contribution < -0.4 is 0 Å². The molecule has 2 aliphatic carbocycles. The van der Waals surface area contributed by atoms with Gasteiger partial charge in [-0.15, -0.1) is 0 Å². The molecular formula is C23H29NO7. The number of piperidine rings is 1. The monoisotopic (exact) mass is 431 g/mol. The van der Waals surface area contributed by atoms with Gasteiger partial charge in [-0.3, -0.25) is 14.4 Å². The number of rotatable bonds is 3. The number of Topliss-reactive ketones (excluding diaryl/α,β-unsaturated/α-hetero) is 2. The van der Waals surface area contributed by atoms with Crippen LogP contribution in [0.25, 0.3) is 0 Å². The summed E-state index contributed by atoms with van der Waals surface area (Å²) in [6.07, 6.45) is 1.29. The number of phenols is 1. The lowest BCUT2D eigenvalue weighted by atomic mass is 9.58. The van der Waals surface area contributed by atoms with Crippen molar-refractivity contribution in [1.29, 1.82) is 0 Å². The lowest BCUT2D eigenvalue weighted by Gasteiger charge is -2.54. The van der Waals surface area contributed by atoms with Gasteiger partial charge in [0.05, 0.1) is 11.7 Å². The summed E-state index contributed by atoms with van der Waals surface area (Å²) in [4.78, 5) is 41.5. The van der Waals surface area contributed by atoms with Gasteiger partial charge in [0.1, 0.15) is 5.75 Å². The number of nitrogens with zero attached hydrogens (tertiary/aromatic N) is 1. The maximum absolute atomic E-state index is 13.3. The third kappa shape index (κ3) is 2.74. The number of amides is 1. The topological polar surface area (TPSA) is 113 Å². The fraction of sp³-hybridized carbons (Fsp3) is 0.609. The third-order valence-electron chi connectivity index (χ3n) is 7.21. The Balaban J connectivity index is 1.99. The second-order valence-corrected chi connectivity index (χ2v) is 8.70. The van der Waals surface area contributed by atoms with E-state index >= 15 is 0 Å². The molecular weight excluding hydrogens is 402 g/mol. The Morgan fingerprint density at radius 3 is 2.35 bits per heavy atom. The minimum absolute atomic E-state index is 0.0140. The van der Waals surface area contributed by atoms with E-state index in [0.717, 1.165) is 19.3 Å². The largest absolute Gasteiger partial charge is 0.507 e. The van der Waals surface area contributed by atoms with Crippen LogP contribution in [0.4, 0.5) is 0 Å². The second-order valence-electron chi connectivity index (χ2n) is 8.70. The van der Waals surface area contributed by atoms with Crippen molar-refractivity contribution in [2.24, 2.45) is 0 Å². The second kappa shape index (κ2) is 7.69. The number of carbonyl (C=O) groups is 3. The van der Waals surface area contributed by atoms with Crippen molar-refractivity contribution >= 4 is 17.5 Å². The van der Waals surface area contributed by atoms with Gasteiger partial charge in [0, 0.05) is 52.1 Å². The molecule has 0 aromatic heterocycles. The van der Waals surface area contributed by atoms with Crippen molar-refractivity contribution < 1.29 is 34.1 Å². The first-order valence-electron chi connectivity index (χ1n) is 10.8. The molecule has 0 bridgehead atoms. The van der Waals surface area contributed by atoms with Gasteiger partial charge in [-0.25, -0.2) is 0 Å². The standard InChI is InChI=1S/C23H29NO7/c1-13-11-14-12-17(27)22(30-2)15(25)7-8-16(26)23(22,31-3)19(14)20(28)18(13)21(29)24-9-5-4-6-10-24/h11,17,27-28H,4-10,12H2,1-3H3. The summed E-state index contributed by atoms with van der Waals surface area (Å²) in [5.41, 5.74) is -2.84. The predicted octanol–water partition coefficient (Wildman–Crippen LogP) is 1.40. The minimum Gasteiger partial charge on any atom is -0.507 e. The van der Waals surface area contributed by atoms with Crippen molar-refractivity contribution in [1.82, 2.24) is 4.90 Å². The number of fused-ring (bicyclic) bond motifs is 3. The Morgan fingerprint density at radius 1 is 1.10 bits per heavy atom. The average molecular weight is 431 g/mol. The summed E-state index contributed by atoms with van der Waals surface area (Å²) in [5.74, 6) is -1.61. The van der Waals surface area contributed by atoms with E-state index < -0.39 is 28.9 Å². The molecule has 2 fully saturated rings. The molecule has 3 aliphatic rings. The highest BCUT2D eigenvalue weighted by atomic mass is 16.6. The van der Waals surface area contributed by atoms with E-state index in [1.165, 1.54) is 14.2 Å². The number of ketones is 2. The summed E-state index contributed by atoms with van der Waals surface area (Å²) in [6, 6.07) is 1.70. The molecule has 8 nitrogen and oxygen atoms in total. The number of hydrogen-bond donors (Lipinski definition) is 2. The highest BCUT2D eigenvalue weighted by Gasteiger charge is 2.71. The lowest BCUT2D eigenvalue weighted by molar-refractivity contribution is -0.235. The molecule has 168 valence electrons. The zero-order chi connectivity index (χ0) is 22.6. The Kier molecular flexibility index (Phi) is 5.44. The van der Waals surface area contributed by atoms with Gasteiger partial charge in [-0.05, 0) is 37.3 Å². The quantitative estimate of drug-likeness (QED) is 0.744. The highest BCUT2D eigenvalue weighted by Crippen LogP contribution is 2.55. The first-order valence-corrected chi connectivity index (χ1v) is 10.8. The molecule has 1 saturated heterocycles. The molecule has 4 rings (SSSR count). The first kappa shape index (κ1) is 21.9. The van der Waals surface area contributed by atoms with E-state index in [0.29, 0.717) is 24.2 Å². The van der Waals surface area contributed by atoms with Crippen LogP contribution in [-0.4, -0.2) is 71.6 Å². The van der Waals surface area contributed by atoms with Gasteiger partial charge >= 0.3 is 0 Å². The van der Waals surface area contributed by atoms with Crippen LogP contribution in [0.15, 0.2) is 6.07 Å². The maximum Gasteiger partial charge on any atom is 0.257 e. The number of carbonyl (C=O) groups excluding carboxylic acids is 3.